The van der Waals surface area contributed by atoms with Crippen LogP contribution >= 0.6 is 35.6 Å². The minimum atomic E-state index is -0.211. The zero-order chi connectivity index (χ0) is 16.4. The van der Waals surface area contributed by atoms with Gasteiger partial charge in [0, 0.05) is 5.02 Å². The number of carbonyl (C=O) groups excluding carboxylic acids is 1. The van der Waals surface area contributed by atoms with Crippen LogP contribution in [0.1, 0.15) is 30.5 Å². The van der Waals surface area contributed by atoms with E-state index in [4.69, 9.17) is 23.8 Å². The molecule has 2 nitrogen and oxygen atoms in total. The monoisotopic (exact) mass is 361 g/mol. The molecule has 1 aliphatic rings. The second-order valence-corrected chi connectivity index (χ2v) is 7.63. The first-order valence-corrected chi connectivity index (χ1v) is 9.12. The van der Waals surface area contributed by atoms with E-state index in [9.17, 15) is 4.79 Å². The number of rotatable bonds is 4. The SMILES string of the molecule is CCC1SC(=S)N(C(c2ccccc2)c2ccc(Cl)cc2)C1=O. The average Bonchev–Trinajstić information content (AvgIpc) is 2.85. The van der Waals surface area contributed by atoms with Crippen molar-refractivity contribution in [3.05, 3.63) is 70.7 Å². The zero-order valence-corrected chi connectivity index (χ0v) is 15.0. The van der Waals surface area contributed by atoms with Crippen LogP contribution < -0.4 is 0 Å². The first-order chi connectivity index (χ1) is 11.1. The molecule has 0 saturated carbocycles. The van der Waals surface area contributed by atoms with Gasteiger partial charge < -0.3 is 0 Å². The van der Waals surface area contributed by atoms with Crippen molar-refractivity contribution < 1.29 is 4.79 Å². The lowest BCUT2D eigenvalue weighted by molar-refractivity contribution is -0.127. The summed E-state index contributed by atoms with van der Waals surface area (Å²) in [7, 11) is 0. The quantitative estimate of drug-likeness (QED) is 0.709. The number of benzene rings is 2. The number of nitrogens with zero attached hydrogens (tertiary/aromatic N) is 1. The van der Waals surface area contributed by atoms with Gasteiger partial charge in [0.15, 0.2) is 0 Å². The highest BCUT2D eigenvalue weighted by atomic mass is 35.5. The van der Waals surface area contributed by atoms with Gasteiger partial charge in [0.25, 0.3) is 0 Å². The lowest BCUT2D eigenvalue weighted by Crippen LogP contribution is -2.35. The lowest BCUT2D eigenvalue weighted by atomic mass is 9.97. The van der Waals surface area contributed by atoms with Crippen molar-refractivity contribution in [1.29, 1.82) is 0 Å². The average molecular weight is 362 g/mol. The molecule has 2 atom stereocenters. The third-order valence-electron chi connectivity index (χ3n) is 3.88. The smallest absolute Gasteiger partial charge is 0.242 e. The van der Waals surface area contributed by atoms with E-state index < -0.39 is 0 Å². The van der Waals surface area contributed by atoms with Crippen LogP contribution in [0.15, 0.2) is 54.6 Å². The van der Waals surface area contributed by atoms with Crippen molar-refractivity contribution >= 4 is 45.8 Å². The molecule has 1 saturated heterocycles. The molecule has 0 N–H and O–H groups in total. The minimum absolute atomic E-state index is 0.0824. The Balaban J connectivity index is 2.07. The van der Waals surface area contributed by atoms with Gasteiger partial charge in [-0.15, -0.1) is 0 Å². The highest BCUT2D eigenvalue weighted by Crippen LogP contribution is 2.39. The number of thiocarbonyl (C=S) groups is 1. The van der Waals surface area contributed by atoms with E-state index in [1.165, 1.54) is 11.8 Å². The maximum Gasteiger partial charge on any atom is 0.242 e. The van der Waals surface area contributed by atoms with Gasteiger partial charge in [-0.1, -0.05) is 85.0 Å². The number of amides is 1. The van der Waals surface area contributed by atoms with E-state index >= 15 is 0 Å². The summed E-state index contributed by atoms with van der Waals surface area (Å²) in [6.07, 6.45) is 0.780. The highest BCUT2D eigenvalue weighted by molar-refractivity contribution is 8.24. The fraction of sp³-hybridized carbons (Fsp3) is 0.222. The van der Waals surface area contributed by atoms with E-state index in [2.05, 4.69) is 0 Å². The molecule has 1 fully saturated rings. The Bertz CT molecular complexity index is 718. The third-order valence-corrected chi connectivity index (χ3v) is 5.84. The number of carbonyl (C=O) groups is 1. The Morgan fingerprint density at radius 3 is 2.30 bits per heavy atom. The van der Waals surface area contributed by atoms with Crippen molar-refractivity contribution in [2.75, 3.05) is 0 Å². The second-order valence-electron chi connectivity index (χ2n) is 5.35. The van der Waals surface area contributed by atoms with Crippen LogP contribution in [-0.2, 0) is 4.79 Å². The second kappa shape index (κ2) is 7.04. The van der Waals surface area contributed by atoms with Crippen molar-refractivity contribution in [3.8, 4) is 0 Å². The van der Waals surface area contributed by atoms with Gasteiger partial charge in [0.1, 0.15) is 4.32 Å². The maximum atomic E-state index is 12.8. The summed E-state index contributed by atoms with van der Waals surface area (Å²) in [4.78, 5) is 14.6. The van der Waals surface area contributed by atoms with Crippen LogP contribution in [0, 0.1) is 0 Å². The van der Waals surface area contributed by atoms with Crippen LogP contribution in [0.25, 0.3) is 0 Å². The van der Waals surface area contributed by atoms with E-state index in [0.29, 0.717) is 9.34 Å². The molecule has 0 bridgehead atoms. The van der Waals surface area contributed by atoms with Crippen LogP contribution in [0.2, 0.25) is 5.02 Å². The first kappa shape index (κ1) is 16.5. The van der Waals surface area contributed by atoms with Crippen LogP contribution in [-0.4, -0.2) is 20.4 Å². The van der Waals surface area contributed by atoms with Gasteiger partial charge in [-0.25, -0.2) is 0 Å². The summed E-state index contributed by atoms with van der Waals surface area (Å²) < 4.78 is 0.644. The Hall–Kier alpha value is -1.36. The molecule has 0 aliphatic carbocycles. The van der Waals surface area contributed by atoms with Crippen LogP contribution in [0.3, 0.4) is 0 Å². The molecule has 23 heavy (non-hydrogen) atoms. The van der Waals surface area contributed by atoms with Gasteiger partial charge in [0.05, 0.1) is 11.3 Å². The molecular formula is C18H16ClNOS2. The first-order valence-electron chi connectivity index (χ1n) is 7.46. The lowest BCUT2D eigenvalue weighted by Gasteiger charge is -2.28. The molecule has 1 heterocycles. The standard InChI is InChI=1S/C18H16ClNOS2/c1-2-15-17(21)20(18(22)23-15)16(12-6-4-3-5-7-12)13-8-10-14(19)11-9-13/h3-11,15-16H,2H2,1H3. The molecule has 0 aromatic heterocycles. The molecule has 2 aromatic carbocycles. The Labute approximate surface area is 150 Å². The van der Waals surface area contributed by atoms with E-state index in [-0.39, 0.29) is 17.2 Å². The van der Waals surface area contributed by atoms with Crippen LogP contribution in [0.4, 0.5) is 0 Å². The van der Waals surface area contributed by atoms with Crippen molar-refractivity contribution in [2.24, 2.45) is 0 Å². The summed E-state index contributed by atoms with van der Waals surface area (Å²) in [5.74, 6) is 0.0892. The van der Waals surface area contributed by atoms with E-state index in [0.717, 1.165) is 17.5 Å². The Kier molecular flexibility index (Phi) is 5.05. The van der Waals surface area contributed by atoms with Crippen LogP contribution in [0.5, 0.6) is 0 Å². The number of thioether (sulfide) groups is 1. The van der Waals surface area contributed by atoms with Gasteiger partial charge in [-0.05, 0) is 29.7 Å². The fourth-order valence-electron chi connectivity index (χ4n) is 2.74. The molecule has 0 spiro atoms. The van der Waals surface area contributed by atoms with E-state index in [1.54, 1.807) is 4.90 Å². The normalized spacial score (nSPS) is 19.2. The topological polar surface area (TPSA) is 20.3 Å². The third kappa shape index (κ3) is 3.30. The van der Waals surface area contributed by atoms with E-state index in [1.807, 2.05) is 61.5 Å². The number of hydrogen-bond donors (Lipinski definition) is 0. The molecule has 5 heteroatoms. The summed E-state index contributed by atoms with van der Waals surface area (Å²) >= 11 is 13.0. The maximum absolute atomic E-state index is 12.8. The predicted octanol–water partition coefficient (Wildman–Crippen LogP) is 5.07. The Morgan fingerprint density at radius 1 is 1.13 bits per heavy atom. The van der Waals surface area contributed by atoms with Gasteiger partial charge in [0.2, 0.25) is 5.91 Å². The molecule has 118 valence electrons. The van der Waals surface area contributed by atoms with Crippen molar-refractivity contribution in [3.63, 3.8) is 0 Å². The Morgan fingerprint density at radius 2 is 1.74 bits per heavy atom. The molecule has 1 amide bonds. The molecule has 2 unspecified atom stereocenters. The summed E-state index contributed by atoms with van der Waals surface area (Å²) in [6, 6.07) is 17.4. The number of halogens is 1. The minimum Gasteiger partial charge on any atom is -0.285 e. The van der Waals surface area contributed by atoms with Gasteiger partial charge in [-0.3, -0.25) is 9.69 Å². The summed E-state index contributed by atoms with van der Waals surface area (Å²) in [5, 5.41) is 0.595. The largest absolute Gasteiger partial charge is 0.285 e. The highest BCUT2D eigenvalue weighted by Gasteiger charge is 2.40. The predicted molar refractivity (Wildman–Crippen MR) is 101 cm³/mol. The van der Waals surface area contributed by atoms with Gasteiger partial charge >= 0.3 is 0 Å². The number of hydrogen-bond acceptors (Lipinski definition) is 3. The zero-order valence-electron chi connectivity index (χ0n) is 12.6. The molecule has 3 rings (SSSR count). The van der Waals surface area contributed by atoms with Crippen molar-refractivity contribution in [2.45, 2.75) is 24.6 Å². The molecule has 2 aromatic rings. The van der Waals surface area contributed by atoms with Gasteiger partial charge in [-0.2, -0.15) is 0 Å². The van der Waals surface area contributed by atoms with Crippen molar-refractivity contribution in [1.82, 2.24) is 4.90 Å². The summed E-state index contributed by atoms with van der Waals surface area (Å²) in [5.41, 5.74) is 2.05. The molecule has 1 aliphatic heterocycles. The molecular weight excluding hydrogens is 346 g/mol. The fourth-order valence-corrected chi connectivity index (χ4v) is 4.34. The molecule has 0 radical (unpaired) electrons. The summed E-state index contributed by atoms with van der Waals surface area (Å²) in [6.45, 7) is 2.02.